The van der Waals surface area contributed by atoms with Crippen LogP contribution >= 0.6 is 11.6 Å². The number of phenolic OH excluding ortho intramolecular Hbond substituents is 1. The Morgan fingerprint density at radius 1 is 1.10 bits per heavy atom. The van der Waals surface area contributed by atoms with E-state index >= 15 is 0 Å². The predicted octanol–water partition coefficient (Wildman–Crippen LogP) is 4.26. The van der Waals surface area contributed by atoms with Crippen molar-refractivity contribution in [1.29, 1.82) is 0 Å². The molecule has 3 rings (SSSR count). The maximum absolute atomic E-state index is 13.1. The summed E-state index contributed by atoms with van der Waals surface area (Å²) in [6, 6.07) is 13.1. The first-order valence-electron chi connectivity index (χ1n) is 9.69. The highest BCUT2D eigenvalue weighted by Gasteiger charge is 2.40. The highest BCUT2D eigenvalue weighted by molar-refractivity contribution is 7.89. The van der Waals surface area contributed by atoms with E-state index in [-0.39, 0.29) is 35.4 Å². The Hall–Kier alpha value is -2.35. The zero-order valence-corrected chi connectivity index (χ0v) is 17.9. The topological polar surface area (TPSA) is 94.9 Å². The van der Waals surface area contributed by atoms with Crippen molar-refractivity contribution in [3.8, 4) is 5.75 Å². The number of aliphatic carboxylic acids is 1. The Morgan fingerprint density at radius 2 is 1.80 bits per heavy atom. The molecule has 1 saturated heterocycles. The van der Waals surface area contributed by atoms with Crippen molar-refractivity contribution in [3.63, 3.8) is 0 Å². The van der Waals surface area contributed by atoms with Gasteiger partial charge in [-0.05, 0) is 54.7 Å². The number of hydrogen-bond donors (Lipinski definition) is 2. The Balaban J connectivity index is 1.83. The zero-order chi connectivity index (χ0) is 21.7. The van der Waals surface area contributed by atoms with Crippen molar-refractivity contribution >= 4 is 27.6 Å². The van der Waals surface area contributed by atoms with E-state index in [4.69, 9.17) is 16.7 Å². The number of para-hydroxylation sites is 1. The lowest BCUT2D eigenvalue weighted by Gasteiger charge is -2.18. The molecule has 2 atom stereocenters. The molecule has 30 heavy (non-hydrogen) atoms. The molecule has 0 aromatic heterocycles. The summed E-state index contributed by atoms with van der Waals surface area (Å²) in [5.41, 5.74) is 0.718. The summed E-state index contributed by atoms with van der Waals surface area (Å²) < 4.78 is 27.7. The summed E-state index contributed by atoms with van der Waals surface area (Å²) in [5.74, 6) is -0.917. The number of allylic oxidation sites excluding steroid dienone is 2. The van der Waals surface area contributed by atoms with E-state index in [2.05, 4.69) is 0 Å². The fourth-order valence-corrected chi connectivity index (χ4v) is 5.42. The smallest absolute Gasteiger partial charge is 0.303 e. The Kier molecular flexibility index (Phi) is 7.18. The molecule has 160 valence electrons. The van der Waals surface area contributed by atoms with Crippen LogP contribution < -0.4 is 0 Å². The molecule has 2 aromatic carbocycles. The summed E-state index contributed by atoms with van der Waals surface area (Å²) in [6.45, 7) is 0.573. The van der Waals surface area contributed by atoms with Gasteiger partial charge < -0.3 is 10.2 Å². The molecule has 0 unspecified atom stereocenters. The first-order chi connectivity index (χ1) is 14.3. The third-order valence-corrected chi connectivity index (χ3v) is 7.42. The van der Waals surface area contributed by atoms with Gasteiger partial charge in [0.25, 0.3) is 0 Å². The molecule has 0 spiro atoms. The number of benzene rings is 2. The SMILES string of the molecule is O=C(O)CCC=CC[C@H]1CN(S(=O)(=O)c2ccc(Cl)cc2)C[C@H]1c1ccccc1O. The van der Waals surface area contributed by atoms with Gasteiger partial charge in [0.2, 0.25) is 10.0 Å². The summed E-state index contributed by atoms with van der Waals surface area (Å²) >= 11 is 5.89. The van der Waals surface area contributed by atoms with Crippen LogP contribution in [-0.4, -0.2) is 42.0 Å². The number of sulfonamides is 1. The first-order valence-corrected chi connectivity index (χ1v) is 11.5. The van der Waals surface area contributed by atoms with Crippen molar-refractivity contribution < 1.29 is 23.4 Å². The van der Waals surface area contributed by atoms with Crippen molar-refractivity contribution in [2.24, 2.45) is 5.92 Å². The molecule has 0 radical (unpaired) electrons. The molecular weight excluding hydrogens is 426 g/mol. The summed E-state index contributed by atoms with van der Waals surface area (Å²) in [7, 11) is -3.70. The maximum atomic E-state index is 13.1. The number of aromatic hydroxyl groups is 1. The Bertz CT molecular complexity index is 1020. The standard InChI is InChI=1S/C22H24ClNO5S/c23-17-10-12-18(13-11-17)30(28,29)24-14-16(6-2-1-3-9-22(26)27)20(15-24)19-7-4-5-8-21(19)25/h1-2,4-5,7-8,10-13,16,20,25H,3,6,9,14-15H2,(H,26,27)/t16-,20+/m0/s1. The average molecular weight is 450 g/mol. The lowest BCUT2D eigenvalue weighted by atomic mass is 9.86. The number of rotatable bonds is 8. The minimum Gasteiger partial charge on any atom is -0.508 e. The van der Waals surface area contributed by atoms with Gasteiger partial charge in [-0.2, -0.15) is 4.31 Å². The second kappa shape index (κ2) is 9.64. The van der Waals surface area contributed by atoms with Crippen LogP contribution in [0.3, 0.4) is 0 Å². The number of carboxylic acid groups (broad SMARTS) is 1. The fraction of sp³-hybridized carbons (Fsp3) is 0.318. The van der Waals surface area contributed by atoms with E-state index in [0.717, 1.165) is 5.56 Å². The molecule has 1 aliphatic rings. The van der Waals surface area contributed by atoms with Crippen molar-refractivity contribution in [2.75, 3.05) is 13.1 Å². The van der Waals surface area contributed by atoms with Crippen molar-refractivity contribution in [3.05, 3.63) is 71.3 Å². The van der Waals surface area contributed by atoms with Crippen LogP contribution in [0.1, 0.15) is 30.7 Å². The Morgan fingerprint density at radius 3 is 2.47 bits per heavy atom. The summed E-state index contributed by atoms with van der Waals surface area (Å²) in [5, 5.41) is 19.5. The van der Waals surface area contributed by atoms with Crippen LogP contribution in [0.2, 0.25) is 5.02 Å². The molecular formula is C22H24ClNO5S. The third-order valence-electron chi connectivity index (χ3n) is 5.33. The van der Waals surface area contributed by atoms with E-state index < -0.39 is 16.0 Å². The molecule has 2 N–H and O–H groups in total. The molecule has 0 amide bonds. The number of hydrogen-bond acceptors (Lipinski definition) is 4. The number of nitrogens with zero attached hydrogens (tertiary/aromatic N) is 1. The highest BCUT2D eigenvalue weighted by atomic mass is 35.5. The molecule has 1 heterocycles. The molecule has 0 saturated carbocycles. The molecule has 6 nitrogen and oxygen atoms in total. The van der Waals surface area contributed by atoms with Gasteiger partial charge in [-0.3, -0.25) is 4.79 Å². The molecule has 1 aliphatic heterocycles. The lowest BCUT2D eigenvalue weighted by molar-refractivity contribution is -0.136. The maximum Gasteiger partial charge on any atom is 0.303 e. The molecule has 0 bridgehead atoms. The third kappa shape index (κ3) is 5.22. The van der Waals surface area contributed by atoms with Crippen molar-refractivity contribution in [2.45, 2.75) is 30.1 Å². The predicted molar refractivity (Wildman–Crippen MR) is 115 cm³/mol. The van der Waals surface area contributed by atoms with Gasteiger partial charge in [-0.15, -0.1) is 0 Å². The van der Waals surface area contributed by atoms with Crippen LogP contribution in [0.5, 0.6) is 5.75 Å². The lowest BCUT2D eigenvalue weighted by Crippen LogP contribution is -2.29. The number of halogens is 1. The van der Waals surface area contributed by atoms with Crippen LogP contribution in [0.4, 0.5) is 0 Å². The summed E-state index contributed by atoms with van der Waals surface area (Å²) in [4.78, 5) is 10.8. The molecule has 8 heteroatoms. The van der Waals surface area contributed by atoms with Crippen LogP contribution in [-0.2, 0) is 14.8 Å². The van der Waals surface area contributed by atoms with Crippen molar-refractivity contribution in [1.82, 2.24) is 4.31 Å². The second-order valence-electron chi connectivity index (χ2n) is 7.34. The van der Waals surface area contributed by atoms with Crippen LogP contribution in [0, 0.1) is 5.92 Å². The second-order valence-corrected chi connectivity index (χ2v) is 9.72. The number of phenols is 1. The fourth-order valence-electron chi connectivity index (χ4n) is 3.77. The monoisotopic (exact) mass is 449 g/mol. The molecule has 2 aromatic rings. The van der Waals surface area contributed by atoms with E-state index in [9.17, 15) is 18.3 Å². The van der Waals surface area contributed by atoms with E-state index in [1.807, 2.05) is 24.3 Å². The molecule has 1 fully saturated rings. The first kappa shape index (κ1) is 22.3. The van der Waals surface area contributed by atoms with E-state index in [1.165, 1.54) is 16.4 Å². The highest BCUT2D eigenvalue weighted by Crippen LogP contribution is 2.40. The van der Waals surface area contributed by atoms with E-state index in [0.29, 0.717) is 24.4 Å². The van der Waals surface area contributed by atoms with Gasteiger partial charge in [0.1, 0.15) is 5.75 Å². The molecule has 0 aliphatic carbocycles. The van der Waals surface area contributed by atoms with Gasteiger partial charge in [0, 0.05) is 30.5 Å². The van der Waals surface area contributed by atoms with Gasteiger partial charge in [-0.25, -0.2) is 8.42 Å². The summed E-state index contributed by atoms with van der Waals surface area (Å²) in [6.07, 6.45) is 4.79. The normalized spacial score (nSPS) is 20.0. The van der Waals surface area contributed by atoms with E-state index in [1.54, 1.807) is 24.3 Å². The average Bonchev–Trinajstić information content (AvgIpc) is 3.13. The van der Waals surface area contributed by atoms with Gasteiger partial charge in [-0.1, -0.05) is 42.0 Å². The van der Waals surface area contributed by atoms with Gasteiger partial charge in [0.05, 0.1) is 4.90 Å². The van der Waals surface area contributed by atoms with Gasteiger partial charge in [0.15, 0.2) is 0 Å². The number of carbonyl (C=O) groups is 1. The Labute approximate surface area is 181 Å². The number of carboxylic acids is 1. The van der Waals surface area contributed by atoms with Crippen LogP contribution in [0.25, 0.3) is 0 Å². The minimum atomic E-state index is -3.70. The van der Waals surface area contributed by atoms with Crippen LogP contribution in [0.15, 0.2) is 65.6 Å². The zero-order valence-electron chi connectivity index (χ0n) is 16.3. The minimum absolute atomic E-state index is 0.0403. The van der Waals surface area contributed by atoms with Gasteiger partial charge >= 0.3 is 5.97 Å². The largest absolute Gasteiger partial charge is 0.508 e. The quantitative estimate of drug-likeness (QED) is 0.587.